The summed E-state index contributed by atoms with van der Waals surface area (Å²) in [6.45, 7) is 6.67. The number of piperazine rings is 1. The number of nitrogens with zero attached hydrogens (tertiary/aromatic N) is 8. The van der Waals surface area contributed by atoms with E-state index in [2.05, 4.69) is 68.2 Å². The molecule has 0 radical (unpaired) electrons. The van der Waals surface area contributed by atoms with Crippen LogP contribution in [0.25, 0.3) is 10.8 Å². The summed E-state index contributed by atoms with van der Waals surface area (Å²) in [6.07, 6.45) is 4.87. The molecule has 1 saturated heterocycles. The molecule has 174 valence electrons. The Labute approximate surface area is 197 Å². The topological polar surface area (TPSA) is 114 Å². The molecule has 0 saturated carbocycles. The van der Waals surface area contributed by atoms with Crippen LogP contribution in [0.2, 0.25) is 0 Å². The fraction of sp³-hybridized carbons (Fsp3) is 0.375. The van der Waals surface area contributed by atoms with Gasteiger partial charge in [0.2, 0.25) is 0 Å². The molecule has 5 heterocycles. The number of aromatic nitrogens is 3. The van der Waals surface area contributed by atoms with Crippen molar-refractivity contribution in [2.75, 3.05) is 38.1 Å². The van der Waals surface area contributed by atoms with Gasteiger partial charge in [0, 0.05) is 43.3 Å². The minimum atomic E-state index is -0.246. The van der Waals surface area contributed by atoms with Crippen molar-refractivity contribution in [3.05, 3.63) is 53.5 Å². The summed E-state index contributed by atoms with van der Waals surface area (Å²) in [6, 6.07) is 8.61. The molecule has 3 aliphatic rings. The Hall–Kier alpha value is -3.79. The van der Waals surface area contributed by atoms with E-state index in [1.165, 1.54) is 22.7 Å². The highest BCUT2D eigenvalue weighted by Gasteiger charge is 2.42. The van der Waals surface area contributed by atoms with Crippen molar-refractivity contribution < 1.29 is 0 Å². The van der Waals surface area contributed by atoms with Crippen molar-refractivity contribution >= 4 is 34.5 Å². The van der Waals surface area contributed by atoms with Crippen LogP contribution in [0.4, 0.5) is 5.82 Å². The van der Waals surface area contributed by atoms with Crippen LogP contribution >= 0.6 is 0 Å². The number of nitrogens with two attached hydrogens (primary N) is 1. The molecular formula is C24H28N10. The monoisotopic (exact) mass is 456 g/mol. The number of hydrazone groups is 1. The van der Waals surface area contributed by atoms with Gasteiger partial charge in [0.05, 0.1) is 24.1 Å². The van der Waals surface area contributed by atoms with E-state index in [9.17, 15) is 0 Å². The number of H-pyrrole nitrogens is 1. The normalized spacial score (nSPS) is 22.8. The number of anilines is 1. The third-order valence-corrected chi connectivity index (χ3v) is 6.90. The molecule has 0 spiro atoms. The van der Waals surface area contributed by atoms with Gasteiger partial charge in [-0.1, -0.05) is 18.2 Å². The zero-order valence-corrected chi connectivity index (χ0v) is 19.4. The van der Waals surface area contributed by atoms with E-state index in [1.54, 1.807) is 6.20 Å². The van der Waals surface area contributed by atoms with Crippen LogP contribution < -0.4 is 10.6 Å². The van der Waals surface area contributed by atoms with Gasteiger partial charge in [0.15, 0.2) is 6.17 Å². The van der Waals surface area contributed by atoms with Crippen LogP contribution in [0.1, 0.15) is 16.8 Å². The Morgan fingerprint density at radius 2 is 2.03 bits per heavy atom. The predicted octanol–water partition coefficient (Wildman–Crippen LogP) is 1.58. The molecule has 2 aromatic heterocycles. The second-order valence-corrected chi connectivity index (χ2v) is 9.18. The van der Waals surface area contributed by atoms with Gasteiger partial charge < -0.3 is 15.5 Å². The highest BCUT2D eigenvalue weighted by atomic mass is 15.5. The average molecular weight is 457 g/mol. The first kappa shape index (κ1) is 20.8. The SMILES string of the molecule is Cc1cccc2cc(CN3N=C(c4cn[nH]c4)C4C(N)=NC=NC43)nc(N3CCN(C)CC3)c12. The first-order valence-corrected chi connectivity index (χ1v) is 11.6. The number of hydrogen-bond donors (Lipinski definition) is 2. The van der Waals surface area contributed by atoms with Gasteiger partial charge >= 0.3 is 0 Å². The van der Waals surface area contributed by atoms with Crippen LogP contribution in [-0.2, 0) is 6.54 Å². The minimum Gasteiger partial charge on any atom is -0.386 e. The number of aromatic amines is 1. The molecule has 0 bridgehead atoms. The standard InChI is InChI=1S/C24H28N10/c1-15-4-3-5-16-10-18(30-24(19(15)16)33-8-6-32(2)7-9-33)13-34-23-20(22(25)26-14-27-23)21(31-34)17-11-28-29-12-17/h3-5,10-12,14,20,23H,6-9,13H2,1-2H3,(H,28,29)(H2,25,26,27). The fourth-order valence-electron chi connectivity index (χ4n) is 5.05. The summed E-state index contributed by atoms with van der Waals surface area (Å²) in [5.41, 5.74) is 10.2. The largest absolute Gasteiger partial charge is 0.386 e. The highest BCUT2D eigenvalue weighted by molar-refractivity contribution is 6.17. The Morgan fingerprint density at radius 1 is 1.18 bits per heavy atom. The van der Waals surface area contributed by atoms with Crippen molar-refractivity contribution in [1.82, 2.24) is 25.1 Å². The zero-order chi connectivity index (χ0) is 23.2. The van der Waals surface area contributed by atoms with E-state index < -0.39 is 0 Å². The molecule has 34 heavy (non-hydrogen) atoms. The van der Waals surface area contributed by atoms with Crippen molar-refractivity contribution in [3.8, 4) is 0 Å². The van der Waals surface area contributed by atoms with Gasteiger partial charge in [-0.15, -0.1) is 0 Å². The maximum absolute atomic E-state index is 6.29. The Balaban J connectivity index is 1.39. The Morgan fingerprint density at radius 3 is 2.82 bits per heavy atom. The number of pyridine rings is 1. The quantitative estimate of drug-likeness (QED) is 0.616. The lowest BCUT2D eigenvalue weighted by atomic mass is 9.95. The number of nitrogens with one attached hydrogen (secondary N) is 1. The van der Waals surface area contributed by atoms with E-state index in [4.69, 9.17) is 15.8 Å². The molecule has 6 rings (SSSR count). The molecule has 1 fully saturated rings. The summed E-state index contributed by atoms with van der Waals surface area (Å²) < 4.78 is 0. The molecule has 0 amide bonds. The maximum atomic E-state index is 6.29. The molecule has 2 unspecified atom stereocenters. The number of fused-ring (bicyclic) bond motifs is 2. The predicted molar refractivity (Wildman–Crippen MR) is 134 cm³/mol. The smallest absolute Gasteiger partial charge is 0.154 e. The second kappa shape index (κ2) is 8.21. The molecule has 0 aliphatic carbocycles. The molecule has 10 nitrogen and oxygen atoms in total. The van der Waals surface area contributed by atoms with Crippen LogP contribution in [-0.4, -0.2) is 82.4 Å². The van der Waals surface area contributed by atoms with Gasteiger partial charge in [-0.25, -0.2) is 15.0 Å². The molecule has 3 aromatic rings. The van der Waals surface area contributed by atoms with Gasteiger partial charge in [-0.3, -0.25) is 10.1 Å². The molecule has 3 aliphatic heterocycles. The number of amidine groups is 1. The number of aliphatic imine (C=N–C) groups is 2. The third kappa shape index (κ3) is 3.50. The lowest BCUT2D eigenvalue weighted by molar-refractivity contribution is 0.212. The molecule has 3 N–H and O–H groups in total. The molecule has 1 aromatic carbocycles. The Bertz CT molecular complexity index is 1300. The fourth-order valence-corrected chi connectivity index (χ4v) is 5.05. The average Bonchev–Trinajstić information content (AvgIpc) is 3.48. The van der Waals surface area contributed by atoms with E-state index in [0.717, 1.165) is 49.0 Å². The number of benzene rings is 1. The summed E-state index contributed by atoms with van der Waals surface area (Å²) >= 11 is 0. The Kier molecular flexibility index (Phi) is 5.02. The summed E-state index contributed by atoms with van der Waals surface area (Å²) in [7, 11) is 2.17. The van der Waals surface area contributed by atoms with Gasteiger partial charge in [-0.05, 0) is 31.0 Å². The number of likely N-dealkylation sites (N-methyl/N-ethyl adjacent to an activating group) is 1. The van der Waals surface area contributed by atoms with Crippen LogP contribution in [0.5, 0.6) is 0 Å². The van der Waals surface area contributed by atoms with Gasteiger partial charge in [0.1, 0.15) is 23.9 Å². The third-order valence-electron chi connectivity index (χ3n) is 6.90. The van der Waals surface area contributed by atoms with Crippen molar-refractivity contribution in [2.45, 2.75) is 19.6 Å². The molecule has 2 atom stereocenters. The number of aryl methyl sites for hydroxylation is 1. The zero-order valence-electron chi connectivity index (χ0n) is 19.4. The van der Waals surface area contributed by atoms with Crippen molar-refractivity contribution in [3.63, 3.8) is 0 Å². The van der Waals surface area contributed by atoms with E-state index >= 15 is 0 Å². The minimum absolute atomic E-state index is 0.206. The van der Waals surface area contributed by atoms with Crippen LogP contribution in [0, 0.1) is 12.8 Å². The van der Waals surface area contributed by atoms with E-state index in [-0.39, 0.29) is 12.1 Å². The lowest BCUT2D eigenvalue weighted by Crippen LogP contribution is -2.45. The van der Waals surface area contributed by atoms with Crippen LogP contribution in [0.15, 0.2) is 51.7 Å². The summed E-state index contributed by atoms with van der Waals surface area (Å²) in [5.74, 6) is 1.37. The van der Waals surface area contributed by atoms with E-state index in [1.807, 2.05) is 11.2 Å². The van der Waals surface area contributed by atoms with Gasteiger partial charge in [0.25, 0.3) is 0 Å². The molecule has 10 heteroatoms. The second-order valence-electron chi connectivity index (χ2n) is 9.18. The van der Waals surface area contributed by atoms with E-state index in [0.29, 0.717) is 12.4 Å². The molecular weight excluding hydrogens is 428 g/mol. The van der Waals surface area contributed by atoms with Crippen molar-refractivity contribution in [2.24, 2.45) is 26.7 Å². The van der Waals surface area contributed by atoms with Crippen molar-refractivity contribution in [1.29, 1.82) is 0 Å². The van der Waals surface area contributed by atoms with Gasteiger partial charge in [-0.2, -0.15) is 10.2 Å². The van der Waals surface area contributed by atoms with Crippen LogP contribution in [0.3, 0.4) is 0 Å². The first-order chi connectivity index (χ1) is 16.6. The summed E-state index contributed by atoms with van der Waals surface area (Å²) in [5, 5.41) is 16.3. The summed E-state index contributed by atoms with van der Waals surface area (Å²) in [4.78, 5) is 18.8. The number of hydrogen-bond acceptors (Lipinski definition) is 9. The number of rotatable bonds is 4. The maximum Gasteiger partial charge on any atom is 0.154 e. The first-order valence-electron chi connectivity index (χ1n) is 11.6. The highest BCUT2D eigenvalue weighted by Crippen LogP contribution is 2.33. The lowest BCUT2D eigenvalue weighted by Gasteiger charge is -2.34.